The van der Waals surface area contributed by atoms with Crippen LogP contribution in [0.25, 0.3) is 0 Å². The number of ketones is 1. The molecule has 0 N–H and O–H groups in total. The number of Topliss-reactive ketones (excluding diaryl/α,β-unsaturated/α-hetero) is 1. The first kappa shape index (κ1) is 13.0. The van der Waals surface area contributed by atoms with Gasteiger partial charge in [0.25, 0.3) is 0 Å². The number of rotatable bonds is 4. The van der Waals surface area contributed by atoms with Gasteiger partial charge in [-0.2, -0.15) is 0 Å². The Hall–Kier alpha value is -0.480. The molecule has 0 saturated heterocycles. The standard InChI is InChI=1S/C12H8Cl2OS2/c13-9-4-3-8(6-10(9)14)11(15)7-17-12-2-1-5-16-12/h1-6H,7H2. The molecule has 0 atom stereocenters. The second kappa shape index (κ2) is 5.91. The quantitative estimate of drug-likeness (QED) is 0.582. The molecule has 0 spiro atoms. The molecule has 2 aromatic rings. The van der Waals surface area contributed by atoms with Crippen molar-refractivity contribution in [2.45, 2.75) is 4.21 Å². The predicted octanol–water partition coefficient (Wildman–Crippen LogP) is 5.03. The summed E-state index contributed by atoms with van der Waals surface area (Å²) in [5.74, 6) is 0.473. The molecule has 0 unspecified atom stereocenters. The van der Waals surface area contributed by atoms with Gasteiger partial charge in [-0.25, -0.2) is 0 Å². The van der Waals surface area contributed by atoms with Crippen LogP contribution in [0.15, 0.2) is 39.9 Å². The minimum absolute atomic E-state index is 0.0574. The summed E-state index contributed by atoms with van der Waals surface area (Å²) in [6, 6.07) is 8.92. The summed E-state index contributed by atoms with van der Waals surface area (Å²) in [5, 5.41) is 2.87. The van der Waals surface area contributed by atoms with Gasteiger partial charge in [-0.1, -0.05) is 29.3 Å². The molecule has 1 heterocycles. The van der Waals surface area contributed by atoms with Crippen molar-refractivity contribution in [1.29, 1.82) is 0 Å². The Bertz CT molecular complexity index is 523. The van der Waals surface area contributed by atoms with Crippen LogP contribution in [-0.2, 0) is 0 Å². The molecule has 0 amide bonds. The van der Waals surface area contributed by atoms with E-state index in [1.807, 2.05) is 17.5 Å². The number of carbonyl (C=O) groups excluding carboxylic acids is 1. The molecule has 1 nitrogen and oxygen atoms in total. The van der Waals surface area contributed by atoms with E-state index in [-0.39, 0.29) is 5.78 Å². The van der Waals surface area contributed by atoms with E-state index in [0.717, 1.165) is 4.21 Å². The summed E-state index contributed by atoms with van der Waals surface area (Å²) in [4.78, 5) is 11.9. The highest BCUT2D eigenvalue weighted by atomic mass is 35.5. The topological polar surface area (TPSA) is 17.1 Å². The fourth-order valence-corrected chi connectivity index (χ4v) is 3.21. The van der Waals surface area contributed by atoms with Crippen molar-refractivity contribution in [2.75, 3.05) is 5.75 Å². The zero-order valence-corrected chi connectivity index (χ0v) is 11.8. The minimum Gasteiger partial charge on any atom is -0.293 e. The highest BCUT2D eigenvalue weighted by Gasteiger charge is 2.09. The van der Waals surface area contributed by atoms with E-state index in [1.54, 1.807) is 29.5 Å². The number of carbonyl (C=O) groups is 1. The molecule has 0 aliphatic carbocycles. The fourth-order valence-electron chi connectivity index (χ4n) is 1.24. The summed E-state index contributed by atoms with van der Waals surface area (Å²) < 4.78 is 1.14. The Morgan fingerprint density at radius 2 is 2.06 bits per heavy atom. The maximum atomic E-state index is 11.9. The van der Waals surface area contributed by atoms with Crippen LogP contribution in [0.2, 0.25) is 10.0 Å². The van der Waals surface area contributed by atoms with Crippen LogP contribution in [0.3, 0.4) is 0 Å². The van der Waals surface area contributed by atoms with Gasteiger partial charge in [0.15, 0.2) is 5.78 Å². The van der Waals surface area contributed by atoms with Gasteiger partial charge in [-0.05, 0) is 29.6 Å². The van der Waals surface area contributed by atoms with Gasteiger partial charge in [-0.3, -0.25) is 4.79 Å². The van der Waals surface area contributed by atoms with Crippen LogP contribution in [-0.4, -0.2) is 11.5 Å². The number of thiophene rings is 1. The van der Waals surface area contributed by atoms with Gasteiger partial charge in [0, 0.05) is 5.56 Å². The predicted molar refractivity (Wildman–Crippen MR) is 75.8 cm³/mol. The van der Waals surface area contributed by atoms with Crippen molar-refractivity contribution in [3.05, 3.63) is 51.3 Å². The normalized spacial score (nSPS) is 10.5. The number of thioether (sulfide) groups is 1. The number of halogens is 2. The highest BCUT2D eigenvalue weighted by Crippen LogP contribution is 2.26. The summed E-state index contributed by atoms with van der Waals surface area (Å²) in [6.07, 6.45) is 0. The van der Waals surface area contributed by atoms with Crippen LogP contribution >= 0.6 is 46.3 Å². The molecule has 0 saturated carbocycles. The Morgan fingerprint density at radius 3 is 2.71 bits per heavy atom. The summed E-state index contributed by atoms with van der Waals surface area (Å²) in [5.41, 5.74) is 0.600. The van der Waals surface area contributed by atoms with E-state index in [2.05, 4.69) is 0 Å². The lowest BCUT2D eigenvalue weighted by Gasteiger charge is -2.01. The molecule has 5 heteroatoms. The van der Waals surface area contributed by atoms with Crippen molar-refractivity contribution in [1.82, 2.24) is 0 Å². The molecule has 0 fully saturated rings. The lowest BCUT2D eigenvalue weighted by molar-refractivity contribution is 0.102. The molecule has 0 radical (unpaired) electrons. The van der Waals surface area contributed by atoms with E-state index < -0.39 is 0 Å². The summed E-state index contributed by atoms with van der Waals surface area (Å²) in [7, 11) is 0. The van der Waals surface area contributed by atoms with Gasteiger partial charge < -0.3 is 0 Å². The van der Waals surface area contributed by atoms with E-state index in [4.69, 9.17) is 23.2 Å². The number of benzene rings is 1. The zero-order valence-electron chi connectivity index (χ0n) is 8.65. The van der Waals surface area contributed by atoms with Gasteiger partial charge in [0.05, 0.1) is 20.0 Å². The largest absolute Gasteiger partial charge is 0.293 e. The van der Waals surface area contributed by atoms with Crippen molar-refractivity contribution in [3.8, 4) is 0 Å². The van der Waals surface area contributed by atoms with E-state index in [0.29, 0.717) is 21.4 Å². The van der Waals surface area contributed by atoms with Gasteiger partial charge in [-0.15, -0.1) is 23.1 Å². The molecule has 17 heavy (non-hydrogen) atoms. The van der Waals surface area contributed by atoms with Crippen molar-refractivity contribution in [2.24, 2.45) is 0 Å². The number of hydrogen-bond donors (Lipinski definition) is 0. The molecule has 1 aromatic heterocycles. The molecule has 2 rings (SSSR count). The monoisotopic (exact) mass is 302 g/mol. The Balaban J connectivity index is 2.02. The summed E-state index contributed by atoms with van der Waals surface area (Å²) in [6.45, 7) is 0. The van der Waals surface area contributed by atoms with E-state index >= 15 is 0 Å². The second-order valence-corrected chi connectivity index (χ2v) is 6.31. The third kappa shape index (κ3) is 3.49. The molecular formula is C12H8Cl2OS2. The molecular weight excluding hydrogens is 295 g/mol. The van der Waals surface area contributed by atoms with Crippen LogP contribution in [0.4, 0.5) is 0 Å². The van der Waals surface area contributed by atoms with Crippen molar-refractivity contribution in [3.63, 3.8) is 0 Å². The van der Waals surface area contributed by atoms with Gasteiger partial charge >= 0.3 is 0 Å². The lowest BCUT2D eigenvalue weighted by Crippen LogP contribution is -2.01. The molecule has 0 aliphatic rings. The Labute approximate surface area is 118 Å². The minimum atomic E-state index is 0.0574. The van der Waals surface area contributed by atoms with Gasteiger partial charge in [0.2, 0.25) is 0 Å². The fraction of sp³-hybridized carbons (Fsp3) is 0.0833. The first-order valence-corrected chi connectivity index (χ1v) is 7.43. The van der Waals surface area contributed by atoms with Crippen LogP contribution < -0.4 is 0 Å². The average Bonchev–Trinajstić information content (AvgIpc) is 2.82. The summed E-state index contributed by atoms with van der Waals surface area (Å²) >= 11 is 14.8. The van der Waals surface area contributed by atoms with E-state index in [9.17, 15) is 4.79 Å². The lowest BCUT2D eigenvalue weighted by atomic mass is 10.1. The Kier molecular flexibility index (Phi) is 4.51. The van der Waals surface area contributed by atoms with Gasteiger partial charge in [0.1, 0.15) is 0 Å². The third-order valence-electron chi connectivity index (χ3n) is 2.08. The molecule has 0 bridgehead atoms. The zero-order chi connectivity index (χ0) is 12.3. The van der Waals surface area contributed by atoms with Crippen molar-refractivity contribution >= 4 is 52.1 Å². The number of hydrogen-bond acceptors (Lipinski definition) is 3. The van der Waals surface area contributed by atoms with Crippen LogP contribution in [0.5, 0.6) is 0 Å². The maximum Gasteiger partial charge on any atom is 0.173 e. The highest BCUT2D eigenvalue weighted by molar-refractivity contribution is 8.01. The SMILES string of the molecule is O=C(CSc1cccs1)c1ccc(Cl)c(Cl)c1. The first-order valence-electron chi connectivity index (χ1n) is 4.81. The van der Waals surface area contributed by atoms with Crippen LogP contribution in [0, 0.1) is 0 Å². The van der Waals surface area contributed by atoms with E-state index in [1.165, 1.54) is 11.8 Å². The average molecular weight is 303 g/mol. The third-order valence-corrected chi connectivity index (χ3v) is 4.95. The molecule has 1 aromatic carbocycles. The first-order chi connectivity index (χ1) is 8.16. The molecule has 88 valence electrons. The van der Waals surface area contributed by atoms with Crippen LogP contribution in [0.1, 0.15) is 10.4 Å². The smallest absolute Gasteiger partial charge is 0.173 e. The maximum absolute atomic E-state index is 11.9. The van der Waals surface area contributed by atoms with Crippen molar-refractivity contribution < 1.29 is 4.79 Å². The molecule has 0 aliphatic heterocycles. The second-order valence-electron chi connectivity index (χ2n) is 3.27. The Morgan fingerprint density at radius 1 is 1.24 bits per heavy atom.